The van der Waals surface area contributed by atoms with Crippen LogP contribution >= 0.6 is 11.6 Å². The fourth-order valence-corrected chi connectivity index (χ4v) is 4.09. The van der Waals surface area contributed by atoms with Crippen molar-refractivity contribution in [3.8, 4) is 11.5 Å². The predicted octanol–water partition coefficient (Wildman–Crippen LogP) is 4.29. The second kappa shape index (κ2) is 9.85. The molecule has 1 fully saturated rings. The van der Waals surface area contributed by atoms with Gasteiger partial charge >= 0.3 is 0 Å². The van der Waals surface area contributed by atoms with Crippen LogP contribution in [0.1, 0.15) is 49.4 Å². The van der Waals surface area contributed by atoms with E-state index in [0.717, 1.165) is 24.0 Å². The number of benzene rings is 2. The van der Waals surface area contributed by atoms with E-state index in [1.807, 2.05) is 35.2 Å². The quantitative estimate of drug-likeness (QED) is 0.711. The zero-order valence-corrected chi connectivity index (χ0v) is 18.2. The van der Waals surface area contributed by atoms with E-state index >= 15 is 0 Å². The lowest BCUT2D eigenvalue weighted by Crippen LogP contribution is -2.35. The normalized spacial score (nSPS) is 16.8. The summed E-state index contributed by atoms with van der Waals surface area (Å²) < 4.78 is 10.8. The monoisotopic (exact) mass is 430 g/mol. The van der Waals surface area contributed by atoms with Crippen LogP contribution in [0.25, 0.3) is 0 Å². The van der Waals surface area contributed by atoms with Gasteiger partial charge in [-0.25, -0.2) is 0 Å². The molecule has 0 aliphatic carbocycles. The number of amides is 2. The van der Waals surface area contributed by atoms with Crippen LogP contribution in [0.3, 0.4) is 0 Å². The van der Waals surface area contributed by atoms with Crippen molar-refractivity contribution in [2.75, 3.05) is 20.8 Å². The van der Waals surface area contributed by atoms with Gasteiger partial charge in [0.25, 0.3) is 0 Å². The summed E-state index contributed by atoms with van der Waals surface area (Å²) in [7, 11) is 3.23. The fraction of sp³-hybridized carbons (Fsp3) is 0.391. The average Bonchev–Trinajstić information content (AvgIpc) is 3.22. The lowest BCUT2D eigenvalue weighted by atomic mass is 10.0. The van der Waals surface area contributed by atoms with Gasteiger partial charge in [-0.1, -0.05) is 23.7 Å². The number of methoxy groups -OCH3 is 2. The number of carbonyl (C=O) groups is 2. The van der Waals surface area contributed by atoms with Crippen LogP contribution in [0, 0.1) is 0 Å². The average molecular weight is 431 g/mol. The van der Waals surface area contributed by atoms with E-state index < -0.39 is 6.04 Å². The SMILES string of the molecule is COc1ccc(C2CCCN2C(=O)CC(NC(C)=O)c2ccc(Cl)cc2)c(OC)c1. The summed E-state index contributed by atoms with van der Waals surface area (Å²) >= 11 is 5.99. The number of nitrogens with zero attached hydrogens (tertiary/aromatic N) is 1. The molecule has 0 radical (unpaired) electrons. The number of nitrogens with one attached hydrogen (secondary N) is 1. The van der Waals surface area contributed by atoms with Gasteiger partial charge in [-0.3, -0.25) is 9.59 Å². The van der Waals surface area contributed by atoms with E-state index in [2.05, 4.69) is 5.32 Å². The van der Waals surface area contributed by atoms with E-state index in [-0.39, 0.29) is 24.3 Å². The largest absolute Gasteiger partial charge is 0.497 e. The zero-order valence-electron chi connectivity index (χ0n) is 17.5. The Kier molecular flexibility index (Phi) is 7.21. The van der Waals surface area contributed by atoms with Crippen LogP contribution in [0.15, 0.2) is 42.5 Å². The Hall–Kier alpha value is -2.73. The number of carbonyl (C=O) groups excluding carboxylic acids is 2. The Labute approximate surface area is 182 Å². The van der Waals surface area contributed by atoms with Crippen molar-refractivity contribution in [3.63, 3.8) is 0 Å². The molecule has 3 rings (SSSR count). The number of halogens is 1. The van der Waals surface area contributed by atoms with Gasteiger partial charge in [0.1, 0.15) is 11.5 Å². The molecule has 2 aromatic carbocycles. The van der Waals surface area contributed by atoms with Gasteiger partial charge in [0.2, 0.25) is 11.8 Å². The van der Waals surface area contributed by atoms with Crippen LogP contribution < -0.4 is 14.8 Å². The summed E-state index contributed by atoms with van der Waals surface area (Å²) in [5.41, 5.74) is 1.81. The smallest absolute Gasteiger partial charge is 0.225 e. The van der Waals surface area contributed by atoms with Gasteiger partial charge in [-0.2, -0.15) is 0 Å². The van der Waals surface area contributed by atoms with Gasteiger partial charge in [0.05, 0.1) is 32.7 Å². The van der Waals surface area contributed by atoms with Crippen molar-refractivity contribution in [2.24, 2.45) is 0 Å². The molecule has 2 atom stereocenters. The summed E-state index contributed by atoms with van der Waals surface area (Å²) in [6, 6.07) is 12.4. The maximum absolute atomic E-state index is 13.3. The summed E-state index contributed by atoms with van der Waals surface area (Å²) in [5.74, 6) is 1.22. The zero-order chi connectivity index (χ0) is 21.7. The molecule has 160 valence electrons. The molecular weight excluding hydrogens is 404 g/mol. The molecule has 2 amide bonds. The maximum atomic E-state index is 13.3. The summed E-state index contributed by atoms with van der Waals surface area (Å²) in [6.45, 7) is 2.13. The van der Waals surface area contributed by atoms with Crippen LogP contribution in [0.4, 0.5) is 0 Å². The fourth-order valence-electron chi connectivity index (χ4n) is 3.97. The standard InChI is InChI=1S/C23H27ClN2O4/c1-15(27)25-20(16-6-8-17(24)9-7-16)14-23(28)26-12-4-5-21(26)19-11-10-18(29-2)13-22(19)30-3/h6-11,13,20-21H,4-5,12,14H2,1-3H3,(H,25,27). The Morgan fingerprint density at radius 3 is 2.53 bits per heavy atom. The molecule has 0 saturated carbocycles. The molecule has 30 heavy (non-hydrogen) atoms. The van der Waals surface area contributed by atoms with Crippen LogP contribution in [-0.4, -0.2) is 37.5 Å². The Morgan fingerprint density at radius 2 is 1.90 bits per heavy atom. The van der Waals surface area contributed by atoms with Crippen molar-refractivity contribution in [1.82, 2.24) is 10.2 Å². The lowest BCUT2D eigenvalue weighted by Gasteiger charge is -2.28. The summed E-state index contributed by atoms with van der Waals surface area (Å²) in [5, 5.41) is 3.50. The molecule has 1 aliphatic heterocycles. The van der Waals surface area contributed by atoms with E-state index in [4.69, 9.17) is 21.1 Å². The predicted molar refractivity (Wildman–Crippen MR) is 116 cm³/mol. The second-order valence-electron chi connectivity index (χ2n) is 7.36. The van der Waals surface area contributed by atoms with Crippen LogP contribution in [0.5, 0.6) is 11.5 Å². The van der Waals surface area contributed by atoms with E-state index in [0.29, 0.717) is 23.1 Å². The first-order valence-electron chi connectivity index (χ1n) is 9.97. The number of rotatable bonds is 7. The number of ether oxygens (including phenoxy) is 2. The molecule has 7 heteroatoms. The van der Waals surface area contributed by atoms with Crippen LogP contribution in [0.2, 0.25) is 5.02 Å². The first-order valence-corrected chi connectivity index (χ1v) is 10.3. The highest BCUT2D eigenvalue weighted by Gasteiger charge is 2.33. The van der Waals surface area contributed by atoms with Gasteiger partial charge in [-0.15, -0.1) is 0 Å². The van der Waals surface area contributed by atoms with E-state index in [1.165, 1.54) is 6.92 Å². The third-order valence-corrected chi connectivity index (χ3v) is 5.65. The molecule has 1 saturated heterocycles. The van der Waals surface area contributed by atoms with Gasteiger partial charge < -0.3 is 19.7 Å². The Balaban J connectivity index is 1.82. The van der Waals surface area contributed by atoms with Crippen molar-refractivity contribution in [1.29, 1.82) is 0 Å². The minimum absolute atomic E-state index is 0.0101. The lowest BCUT2D eigenvalue weighted by molar-refractivity contribution is -0.133. The van der Waals surface area contributed by atoms with Crippen molar-refractivity contribution in [3.05, 3.63) is 58.6 Å². The number of likely N-dealkylation sites (tertiary alicyclic amines) is 1. The van der Waals surface area contributed by atoms with Gasteiger partial charge in [0, 0.05) is 30.1 Å². The molecule has 1 aliphatic rings. The first-order chi connectivity index (χ1) is 14.4. The highest BCUT2D eigenvalue weighted by atomic mass is 35.5. The molecule has 6 nitrogen and oxygen atoms in total. The van der Waals surface area contributed by atoms with Gasteiger partial charge in [0.15, 0.2) is 0 Å². The van der Waals surface area contributed by atoms with Crippen molar-refractivity contribution < 1.29 is 19.1 Å². The highest BCUT2D eigenvalue weighted by molar-refractivity contribution is 6.30. The minimum Gasteiger partial charge on any atom is -0.497 e. The maximum Gasteiger partial charge on any atom is 0.225 e. The molecule has 2 aromatic rings. The van der Waals surface area contributed by atoms with Gasteiger partial charge in [-0.05, 0) is 42.7 Å². The molecule has 2 unspecified atom stereocenters. The van der Waals surface area contributed by atoms with E-state index in [9.17, 15) is 9.59 Å². The Morgan fingerprint density at radius 1 is 1.17 bits per heavy atom. The van der Waals surface area contributed by atoms with Crippen molar-refractivity contribution in [2.45, 2.75) is 38.3 Å². The summed E-state index contributed by atoms with van der Waals surface area (Å²) in [4.78, 5) is 26.9. The summed E-state index contributed by atoms with van der Waals surface area (Å²) in [6.07, 6.45) is 1.95. The molecule has 0 spiro atoms. The second-order valence-corrected chi connectivity index (χ2v) is 7.80. The number of hydrogen-bond donors (Lipinski definition) is 1. The number of hydrogen-bond acceptors (Lipinski definition) is 4. The topological polar surface area (TPSA) is 67.9 Å². The van der Waals surface area contributed by atoms with Crippen LogP contribution in [-0.2, 0) is 9.59 Å². The molecule has 1 heterocycles. The molecular formula is C23H27ClN2O4. The molecule has 0 aromatic heterocycles. The molecule has 1 N–H and O–H groups in total. The Bertz CT molecular complexity index is 901. The first kappa shape index (κ1) is 22.0. The van der Waals surface area contributed by atoms with Crippen molar-refractivity contribution >= 4 is 23.4 Å². The molecule has 0 bridgehead atoms. The third kappa shape index (κ3) is 5.05. The minimum atomic E-state index is -0.411. The van der Waals surface area contributed by atoms with E-state index in [1.54, 1.807) is 26.4 Å². The highest BCUT2D eigenvalue weighted by Crippen LogP contribution is 2.39. The third-order valence-electron chi connectivity index (χ3n) is 5.40.